The number of hydrogen-bond donors (Lipinski definition) is 0. The van der Waals surface area contributed by atoms with Crippen molar-refractivity contribution in [3.05, 3.63) is 59.2 Å². The van der Waals surface area contributed by atoms with Gasteiger partial charge in [0, 0.05) is 49.0 Å². The van der Waals surface area contributed by atoms with Crippen molar-refractivity contribution in [1.29, 1.82) is 0 Å². The largest absolute Gasteiger partial charge is 0.492 e. The van der Waals surface area contributed by atoms with E-state index >= 15 is 0 Å². The Morgan fingerprint density at radius 1 is 1.31 bits per heavy atom. The molecule has 2 aliphatic rings. The van der Waals surface area contributed by atoms with E-state index in [1.807, 2.05) is 18.2 Å². The van der Waals surface area contributed by atoms with Crippen LogP contribution in [0.25, 0.3) is 0 Å². The van der Waals surface area contributed by atoms with Crippen molar-refractivity contribution in [2.45, 2.75) is 51.5 Å². The van der Waals surface area contributed by atoms with Crippen LogP contribution in [0.3, 0.4) is 0 Å². The third kappa shape index (κ3) is 4.76. The summed E-state index contributed by atoms with van der Waals surface area (Å²) in [4.78, 5) is 5.99. The summed E-state index contributed by atoms with van der Waals surface area (Å²) in [5, 5.41) is 0. The topological polar surface area (TPSA) is 62.7 Å². The molecule has 1 aromatic carbocycles. The van der Waals surface area contributed by atoms with Gasteiger partial charge in [-0.3, -0.25) is 9.88 Å². The summed E-state index contributed by atoms with van der Waals surface area (Å²) in [5.74, 6) is 0.489. The fourth-order valence-electron chi connectivity index (χ4n) is 3.71. The maximum Gasteiger partial charge on any atom is 0.211 e. The molecule has 1 atom stereocenters. The number of pyridine rings is 1. The lowest BCUT2D eigenvalue weighted by Gasteiger charge is -2.26. The molecule has 4 rings (SSSR count). The highest BCUT2D eigenvalue weighted by Crippen LogP contribution is 2.32. The standard InChI is InChI=1S/C21H26FN3O3S/c1-15-14-28-21-6-3-16(11-25(19-4-5-19)29(2,26)27)9-18(21)13-24(15)12-17-7-8-23-10-20(17)22/h3,6-10,15,19H,4-5,11-14H2,1-2H3/t15-/m0/s1. The minimum absolute atomic E-state index is 0.109. The van der Waals surface area contributed by atoms with Gasteiger partial charge >= 0.3 is 0 Å². The second-order valence-electron chi connectivity index (χ2n) is 8.01. The number of hydrogen-bond acceptors (Lipinski definition) is 5. The Kier molecular flexibility index (Phi) is 5.59. The van der Waals surface area contributed by atoms with Crippen molar-refractivity contribution in [3.63, 3.8) is 0 Å². The fraction of sp³-hybridized carbons (Fsp3) is 0.476. The Balaban J connectivity index is 1.56. The van der Waals surface area contributed by atoms with E-state index in [0.717, 1.165) is 29.7 Å². The summed E-state index contributed by atoms with van der Waals surface area (Å²) >= 11 is 0. The summed E-state index contributed by atoms with van der Waals surface area (Å²) in [6.07, 6.45) is 5.94. The third-order valence-corrected chi connectivity index (χ3v) is 6.83. The summed E-state index contributed by atoms with van der Waals surface area (Å²) in [6.45, 7) is 4.00. The molecule has 0 N–H and O–H groups in total. The smallest absolute Gasteiger partial charge is 0.211 e. The lowest BCUT2D eigenvalue weighted by atomic mass is 10.1. The predicted molar refractivity (Wildman–Crippen MR) is 108 cm³/mol. The molecular weight excluding hydrogens is 393 g/mol. The van der Waals surface area contributed by atoms with Gasteiger partial charge in [-0.1, -0.05) is 6.07 Å². The predicted octanol–water partition coefficient (Wildman–Crippen LogP) is 2.93. The molecule has 8 heteroatoms. The van der Waals surface area contributed by atoms with Gasteiger partial charge in [0.15, 0.2) is 0 Å². The quantitative estimate of drug-likeness (QED) is 0.721. The van der Waals surface area contributed by atoms with Crippen LogP contribution in [0.4, 0.5) is 4.39 Å². The summed E-state index contributed by atoms with van der Waals surface area (Å²) in [5.41, 5.74) is 2.53. The van der Waals surface area contributed by atoms with E-state index < -0.39 is 10.0 Å². The Morgan fingerprint density at radius 2 is 2.10 bits per heavy atom. The highest BCUT2D eigenvalue weighted by atomic mass is 32.2. The van der Waals surface area contributed by atoms with Gasteiger partial charge in [0.2, 0.25) is 10.0 Å². The first-order chi connectivity index (χ1) is 13.8. The molecule has 0 radical (unpaired) electrons. The minimum Gasteiger partial charge on any atom is -0.492 e. The average molecular weight is 420 g/mol. The zero-order valence-corrected chi connectivity index (χ0v) is 17.5. The Bertz CT molecular complexity index is 994. The van der Waals surface area contributed by atoms with E-state index in [-0.39, 0.29) is 17.9 Å². The molecule has 1 aromatic heterocycles. The van der Waals surface area contributed by atoms with Crippen LogP contribution in [-0.2, 0) is 29.7 Å². The first kappa shape index (κ1) is 20.3. The fourth-order valence-corrected chi connectivity index (χ4v) is 4.84. The highest BCUT2D eigenvalue weighted by Gasteiger charge is 2.35. The molecule has 0 saturated heterocycles. The van der Waals surface area contributed by atoms with Crippen molar-refractivity contribution in [1.82, 2.24) is 14.2 Å². The van der Waals surface area contributed by atoms with Crippen LogP contribution in [0.1, 0.15) is 36.5 Å². The molecule has 156 valence electrons. The number of rotatable bonds is 6. The molecule has 6 nitrogen and oxygen atoms in total. The number of aromatic nitrogens is 1. The van der Waals surface area contributed by atoms with Crippen LogP contribution in [0.15, 0.2) is 36.7 Å². The van der Waals surface area contributed by atoms with Crippen molar-refractivity contribution in [2.75, 3.05) is 12.9 Å². The monoisotopic (exact) mass is 419 g/mol. The number of ether oxygens (including phenoxy) is 1. The van der Waals surface area contributed by atoms with E-state index in [2.05, 4.69) is 16.8 Å². The molecular formula is C21H26FN3O3S. The highest BCUT2D eigenvalue weighted by molar-refractivity contribution is 7.88. The number of sulfonamides is 1. The van der Waals surface area contributed by atoms with Gasteiger partial charge < -0.3 is 4.74 Å². The molecule has 2 aromatic rings. The van der Waals surface area contributed by atoms with E-state index in [0.29, 0.717) is 31.8 Å². The van der Waals surface area contributed by atoms with Crippen molar-refractivity contribution in [2.24, 2.45) is 0 Å². The van der Waals surface area contributed by atoms with Crippen molar-refractivity contribution >= 4 is 10.0 Å². The lowest BCUT2D eigenvalue weighted by Crippen LogP contribution is -2.34. The Hall–Kier alpha value is -2.03. The molecule has 0 spiro atoms. The van der Waals surface area contributed by atoms with Crippen LogP contribution in [0.5, 0.6) is 5.75 Å². The van der Waals surface area contributed by atoms with Gasteiger partial charge in [-0.2, -0.15) is 4.31 Å². The summed E-state index contributed by atoms with van der Waals surface area (Å²) in [7, 11) is -3.25. The van der Waals surface area contributed by atoms with E-state index in [4.69, 9.17) is 4.74 Å². The normalized spacial score (nSPS) is 20.2. The molecule has 0 amide bonds. The molecule has 0 bridgehead atoms. The van der Waals surface area contributed by atoms with E-state index in [9.17, 15) is 12.8 Å². The van der Waals surface area contributed by atoms with Gasteiger partial charge in [0.1, 0.15) is 18.2 Å². The van der Waals surface area contributed by atoms with Crippen LogP contribution in [0.2, 0.25) is 0 Å². The van der Waals surface area contributed by atoms with Gasteiger partial charge in [0.05, 0.1) is 12.5 Å². The summed E-state index contributed by atoms with van der Waals surface area (Å²) < 4.78 is 45.9. The third-order valence-electron chi connectivity index (χ3n) is 5.55. The van der Waals surface area contributed by atoms with Crippen molar-refractivity contribution < 1.29 is 17.5 Å². The molecule has 0 unspecified atom stereocenters. The molecule has 1 aliphatic carbocycles. The maximum atomic E-state index is 14.1. The van der Waals surface area contributed by atoms with Gasteiger partial charge in [-0.25, -0.2) is 12.8 Å². The Morgan fingerprint density at radius 3 is 2.79 bits per heavy atom. The first-order valence-corrected chi connectivity index (χ1v) is 11.7. The van der Waals surface area contributed by atoms with E-state index in [1.54, 1.807) is 16.6 Å². The van der Waals surface area contributed by atoms with Gasteiger partial charge in [0.25, 0.3) is 0 Å². The number of benzene rings is 1. The van der Waals surface area contributed by atoms with Gasteiger partial charge in [-0.05, 0) is 43.5 Å². The molecule has 1 saturated carbocycles. The maximum absolute atomic E-state index is 14.1. The molecule has 1 fully saturated rings. The van der Waals surface area contributed by atoms with E-state index in [1.165, 1.54) is 12.5 Å². The second-order valence-corrected chi connectivity index (χ2v) is 9.95. The first-order valence-electron chi connectivity index (χ1n) is 9.85. The lowest BCUT2D eigenvalue weighted by molar-refractivity contribution is 0.150. The van der Waals surface area contributed by atoms with Crippen LogP contribution in [-0.4, -0.2) is 47.6 Å². The molecule has 29 heavy (non-hydrogen) atoms. The second kappa shape index (κ2) is 8.01. The summed E-state index contributed by atoms with van der Waals surface area (Å²) in [6, 6.07) is 7.79. The van der Waals surface area contributed by atoms with Gasteiger partial charge in [-0.15, -0.1) is 0 Å². The Labute approximate surface area is 171 Å². The molecule has 2 heterocycles. The van der Waals surface area contributed by atoms with Crippen LogP contribution >= 0.6 is 0 Å². The van der Waals surface area contributed by atoms with Crippen LogP contribution < -0.4 is 4.74 Å². The zero-order valence-electron chi connectivity index (χ0n) is 16.7. The zero-order chi connectivity index (χ0) is 20.6. The number of nitrogens with zero attached hydrogens (tertiary/aromatic N) is 3. The number of halogens is 1. The number of fused-ring (bicyclic) bond motifs is 1. The average Bonchev–Trinajstić information content (AvgIpc) is 3.50. The SMILES string of the molecule is C[C@H]1COc2ccc(CN(C3CC3)S(C)(=O)=O)cc2CN1Cc1ccncc1F. The molecule has 1 aliphatic heterocycles. The minimum atomic E-state index is -3.25. The van der Waals surface area contributed by atoms with Crippen molar-refractivity contribution in [3.8, 4) is 5.75 Å². The van der Waals surface area contributed by atoms with Crippen LogP contribution in [0, 0.1) is 5.82 Å².